The Bertz CT molecular complexity index is 628. The second kappa shape index (κ2) is 10.9. The first-order valence-electron chi connectivity index (χ1n) is 8.98. The molecule has 0 spiro atoms. The molecule has 1 saturated heterocycles. The van der Waals surface area contributed by atoms with E-state index in [1.165, 1.54) is 5.56 Å². The fourth-order valence-corrected chi connectivity index (χ4v) is 3.54. The standard InChI is InChI=1S/C21H26ClNO2.ClH/c22-20-8-6-17(7-9-20)15-25-16-21(24)14-23-12-10-19(11-13-23)18-4-2-1-3-5-18;/h1-9,19,21,24H,10-16H2;1H/p-1. The van der Waals surface area contributed by atoms with Gasteiger partial charge in [-0.3, -0.25) is 0 Å². The molecule has 0 amide bonds. The van der Waals surface area contributed by atoms with Crippen molar-refractivity contribution in [3.8, 4) is 0 Å². The first-order chi connectivity index (χ1) is 12.2. The third-order valence-corrected chi connectivity index (χ3v) is 5.07. The van der Waals surface area contributed by atoms with Crippen molar-refractivity contribution in [1.29, 1.82) is 0 Å². The minimum Gasteiger partial charge on any atom is -1.00 e. The second-order valence-electron chi connectivity index (χ2n) is 6.78. The first-order valence-corrected chi connectivity index (χ1v) is 9.36. The van der Waals surface area contributed by atoms with Crippen LogP contribution in [0.5, 0.6) is 0 Å². The molecule has 2 aromatic rings. The molecule has 0 bridgehead atoms. The number of piperidine rings is 1. The number of rotatable bonds is 7. The number of hydrogen-bond donors (Lipinski definition) is 1. The second-order valence-corrected chi connectivity index (χ2v) is 7.22. The van der Waals surface area contributed by atoms with Crippen LogP contribution in [-0.4, -0.2) is 42.4 Å². The van der Waals surface area contributed by atoms with Crippen molar-refractivity contribution in [3.05, 3.63) is 70.7 Å². The molecular weight excluding hydrogens is 369 g/mol. The number of ether oxygens (including phenoxy) is 1. The summed E-state index contributed by atoms with van der Waals surface area (Å²) in [5.41, 5.74) is 2.51. The molecule has 0 saturated carbocycles. The Morgan fingerprint density at radius 2 is 1.69 bits per heavy atom. The van der Waals surface area contributed by atoms with E-state index in [9.17, 15) is 5.11 Å². The highest BCUT2D eigenvalue weighted by atomic mass is 35.5. The van der Waals surface area contributed by atoms with E-state index in [1.54, 1.807) is 0 Å². The van der Waals surface area contributed by atoms with Gasteiger partial charge < -0.3 is 27.2 Å². The van der Waals surface area contributed by atoms with Crippen molar-refractivity contribution in [3.63, 3.8) is 0 Å². The lowest BCUT2D eigenvalue weighted by Gasteiger charge is -2.33. The summed E-state index contributed by atoms with van der Waals surface area (Å²) < 4.78 is 5.63. The highest BCUT2D eigenvalue weighted by Crippen LogP contribution is 2.27. The molecule has 2 aromatic carbocycles. The summed E-state index contributed by atoms with van der Waals surface area (Å²) in [5, 5.41) is 10.9. The Hall–Kier alpha value is -1.10. The molecule has 26 heavy (non-hydrogen) atoms. The molecule has 3 nitrogen and oxygen atoms in total. The summed E-state index contributed by atoms with van der Waals surface area (Å²) in [6, 6.07) is 18.3. The van der Waals surface area contributed by atoms with Gasteiger partial charge in [0.05, 0.1) is 19.3 Å². The predicted octanol–water partition coefficient (Wildman–Crippen LogP) is 1.10. The van der Waals surface area contributed by atoms with Gasteiger partial charge in [-0.2, -0.15) is 0 Å². The maximum Gasteiger partial charge on any atom is 0.0900 e. The normalized spacial score (nSPS) is 16.8. The average molecular weight is 395 g/mol. The number of halogens is 2. The largest absolute Gasteiger partial charge is 1.00 e. The number of likely N-dealkylation sites (tertiary alicyclic amines) is 1. The molecule has 0 aromatic heterocycles. The summed E-state index contributed by atoms with van der Waals surface area (Å²) >= 11 is 5.87. The molecule has 0 aliphatic carbocycles. The molecule has 1 unspecified atom stereocenters. The molecule has 1 atom stereocenters. The topological polar surface area (TPSA) is 32.7 Å². The number of benzene rings is 2. The van der Waals surface area contributed by atoms with Crippen LogP contribution in [0.25, 0.3) is 0 Å². The Labute approximate surface area is 167 Å². The van der Waals surface area contributed by atoms with Gasteiger partial charge >= 0.3 is 0 Å². The highest BCUT2D eigenvalue weighted by Gasteiger charge is 2.22. The van der Waals surface area contributed by atoms with Crippen molar-refractivity contribution >= 4 is 11.6 Å². The molecule has 1 heterocycles. The van der Waals surface area contributed by atoms with Crippen molar-refractivity contribution in [1.82, 2.24) is 4.90 Å². The number of aliphatic hydroxyl groups is 1. The van der Waals surface area contributed by atoms with Gasteiger partial charge in [-0.15, -0.1) is 0 Å². The van der Waals surface area contributed by atoms with E-state index >= 15 is 0 Å². The number of nitrogens with zero attached hydrogens (tertiary/aromatic N) is 1. The van der Waals surface area contributed by atoms with Crippen LogP contribution in [-0.2, 0) is 11.3 Å². The van der Waals surface area contributed by atoms with Crippen LogP contribution < -0.4 is 12.4 Å². The summed E-state index contributed by atoms with van der Waals surface area (Å²) in [6.07, 6.45) is 1.87. The first kappa shape index (κ1) is 21.2. The minimum absolute atomic E-state index is 0. The molecule has 5 heteroatoms. The lowest BCUT2D eigenvalue weighted by atomic mass is 9.89. The quantitative estimate of drug-likeness (QED) is 0.763. The van der Waals surface area contributed by atoms with Gasteiger partial charge in [-0.05, 0) is 55.1 Å². The monoisotopic (exact) mass is 394 g/mol. The van der Waals surface area contributed by atoms with Crippen LogP contribution in [0.4, 0.5) is 0 Å². The van der Waals surface area contributed by atoms with Crippen LogP contribution in [0.15, 0.2) is 54.6 Å². The predicted molar refractivity (Wildman–Crippen MR) is 102 cm³/mol. The van der Waals surface area contributed by atoms with E-state index in [1.807, 2.05) is 24.3 Å². The zero-order chi connectivity index (χ0) is 17.5. The van der Waals surface area contributed by atoms with Gasteiger partial charge in [-0.25, -0.2) is 0 Å². The van der Waals surface area contributed by atoms with Crippen LogP contribution >= 0.6 is 11.6 Å². The van der Waals surface area contributed by atoms with Gasteiger partial charge in [0.15, 0.2) is 0 Å². The SMILES string of the molecule is OC(COCc1ccc(Cl)cc1)CN1CCC(c2ccccc2)CC1.[Cl-]. The van der Waals surface area contributed by atoms with Crippen LogP contribution in [0.3, 0.4) is 0 Å². The van der Waals surface area contributed by atoms with Crippen molar-refractivity contribution in [2.75, 3.05) is 26.2 Å². The zero-order valence-electron chi connectivity index (χ0n) is 14.9. The van der Waals surface area contributed by atoms with Crippen LogP contribution in [0.1, 0.15) is 29.9 Å². The Morgan fingerprint density at radius 1 is 1.04 bits per heavy atom. The number of hydrogen-bond acceptors (Lipinski definition) is 3. The van der Waals surface area contributed by atoms with E-state index in [4.69, 9.17) is 16.3 Å². The molecule has 3 rings (SSSR count). The fourth-order valence-electron chi connectivity index (χ4n) is 3.42. The highest BCUT2D eigenvalue weighted by molar-refractivity contribution is 6.30. The van der Waals surface area contributed by atoms with Crippen molar-refractivity contribution < 1.29 is 22.3 Å². The lowest BCUT2D eigenvalue weighted by molar-refractivity contribution is -0.0000124. The molecular formula is C21H26Cl2NO2-. The van der Waals surface area contributed by atoms with Gasteiger partial charge in [0.25, 0.3) is 0 Å². The van der Waals surface area contributed by atoms with E-state index in [0.29, 0.717) is 25.7 Å². The van der Waals surface area contributed by atoms with E-state index in [0.717, 1.165) is 36.5 Å². The van der Waals surface area contributed by atoms with Gasteiger partial charge in [-0.1, -0.05) is 54.1 Å². The maximum atomic E-state index is 10.2. The number of aliphatic hydroxyl groups excluding tert-OH is 1. The molecule has 0 radical (unpaired) electrons. The Morgan fingerprint density at radius 3 is 2.35 bits per heavy atom. The average Bonchev–Trinajstić information content (AvgIpc) is 2.65. The minimum atomic E-state index is -0.444. The van der Waals surface area contributed by atoms with Crippen molar-refractivity contribution in [2.45, 2.75) is 31.5 Å². The van der Waals surface area contributed by atoms with Crippen LogP contribution in [0, 0.1) is 0 Å². The maximum absolute atomic E-state index is 10.2. The summed E-state index contributed by atoms with van der Waals surface area (Å²) in [7, 11) is 0. The third kappa shape index (κ3) is 6.57. The summed E-state index contributed by atoms with van der Waals surface area (Å²) in [6.45, 7) is 3.62. The zero-order valence-corrected chi connectivity index (χ0v) is 16.4. The summed E-state index contributed by atoms with van der Waals surface area (Å²) in [4.78, 5) is 2.34. The van der Waals surface area contributed by atoms with Crippen LogP contribution in [0.2, 0.25) is 5.02 Å². The van der Waals surface area contributed by atoms with E-state index in [-0.39, 0.29) is 12.4 Å². The summed E-state index contributed by atoms with van der Waals surface area (Å²) in [5.74, 6) is 0.649. The van der Waals surface area contributed by atoms with Crippen molar-refractivity contribution in [2.24, 2.45) is 0 Å². The molecule has 142 valence electrons. The Kier molecular flexibility index (Phi) is 8.89. The molecule has 1 fully saturated rings. The number of β-amino-alcohol motifs (C(OH)–C–C–N with tert-alkyl or cyclic N) is 1. The van der Waals surface area contributed by atoms with Gasteiger partial charge in [0, 0.05) is 11.6 Å². The smallest absolute Gasteiger partial charge is 0.0900 e. The third-order valence-electron chi connectivity index (χ3n) is 4.82. The Balaban J connectivity index is 0.00000243. The molecule has 1 aliphatic heterocycles. The fraction of sp³-hybridized carbons (Fsp3) is 0.429. The van der Waals surface area contributed by atoms with Gasteiger partial charge in [0.2, 0.25) is 0 Å². The van der Waals surface area contributed by atoms with E-state index in [2.05, 4.69) is 35.2 Å². The van der Waals surface area contributed by atoms with E-state index < -0.39 is 6.10 Å². The van der Waals surface area contributed by atoms with Gasteiger partial charge in [0.1, 0.15) is 0 Å². The lowest BCUT2D eigenvalue weighted by Crippen LogP contribution is -3.00. The molecule has 1 aliphatic rings. The molecule has 1 N–H and O–H groups in total.